The van der Waals surface area contributed by atoms with Crippen molar-refractivity contribution >= 4 is 55.4 Å². The molecule has 5 heteroatoms. The van der Waals surface area contributed by atoms with Crippen LogP contribution < -0.4 is 5.32 Å². The van der Waals surface area contributed by atoms with Crippen molar-refractivity contribution < 1.29 is 0 Å². The summed E-state index contributed by atoms with van der Waals surface area (Å²) in [5, 5.41) is 8.39. The lowest BCUT2D eigenvalue weighted by atomic mass is 9.93. The highest BCUT2D eigenvalue weighted by atomic mass is 15.3. The molecule has 0 fully saturated rings. The average molecular weight is 946 g/mol. The molecular formula is C69H47N5. The lowest BCUT2D eigenvalue weighted by Gasteiger charge is -2.25. The summed E-state index contributed by atoms with van der Waals surface area (Å²) in [5.41, 5.74) is 18.8. The molecule has 1 aliphatic rings. The Labute approximate surface area is 429 Å². The Morgan fingerprint density at radius 2 is 0.730 bits per heavy atom. The Morgan fingerprint density at radius 1 is 0.311 bits per heavy atom. The van der Waals surface area contributed by atoms with Crippen molar-refractivity contribution in [3.63, 3.8) is 0 Å². The minimum Gasteiger partial charge on any atom is -0.344 e. The zero-order valence-corrected chi connectivity index (χ0v) is 40.3. The first-order chi connectivity index (χ1) is 36.7. The smallest absolute Gasteiger partial charge is 0.234 e. The maximum Gasteiger partial charge on any atom is 0.234 e. The molecule has 5 nitrogen and oxygen atoms in total. The number of amidine groups is 1. The Morgan fingerprint density at radius 3 is 1.32 bits per heavy atom. The Balaban J connectivity index is 1.08. The first kappa shape index (κ1) is 43.0. The molecule has 3 heterocycles. The Bertz CT molecular complexity index is 4320. The highest BCUT2D eigenvalue weighted by Gasteiger charge is 2.28. The molecule has 11 aromatic carbocycles. The predicted octanol–water partition coefficient (Wildman–Crippen LogP) is 17.2. The molecule has 1 N–H and O–H groups in total. The third-order valence-corrected chi connectivity index (χ3v) is 14.6. The van der Waals surface area contributed by atoms with Crippen LogP contribution in [0.4, 0.5) is 0 Å². The molecule has 13 aromatic rings. The number of para-hydroxylation sites is 3. The van der Waals surface area contributed by atoms with E-state index in [2.05, 4.69) is 287 Å². The summed E-state index contributed by atoms with van der Waals surface area (Å²) >= 11 is 0. The molecule has 0 aliphatic carbocycles. The van der Waals surface area contributed by atoms with Gasteiger partial charge in [0.15, 0.2) is 0 Å². The summed E-state index contributed by atoms with van der Waals surface area (Å²) in [6.45, 7) is 0. The van der Waals surface area contributed by atoms with E-state index in [1.807, 2.05) is 0 Å². The predicted molar refractivity (Wildman–Crippen MR) is 309 cm³/mol. The van der Waals surface area contributed by atoms with Crippen molar-refractivity contribution in [1.82, 2.24) is 14.5 Å². The van der Waals surface area contributed by atoms with Crippen LogP contribution in [0.2, 0.25) is 0 Å². The molecule has 2 aromatic heterocycles. The molecular weight excluding hydrogens is 899 g/mol. The molecule has 0 bridgehead atoms. The van der Waals surface area contributed by atoms with Gasteiger partial charge < -0.3 is 9.88 Å². The zero-order chi connectivity index (χ0) is 49.0. The number of hydrogen-bond donors (Lipinski definition) is 1. The summed E-state index contributed by atoms with van der Waals surface area (Å²) in [6.07, 6.45) is -0.467. The summed E-state index contributed by atoms with van der Waals surface area (Å²) in [7, 11) is 0. The van der Waals surface area contributed by atoms with Crippen molar-refractivity contribution in [2.24, 2.45) is 9.98 Å². The van der Waals surface area contributed by atoms with Gasteiger partial charge in [-0.15, -0.1) is 0 Å². The van der Waals surface area contributed by atoms with Crippen LogP contribution in [-0.4, -0.2) is 20.9 Å². The molecule has 1 unspecified atom stereocenters. The van der Waals surface area contributed by atoms with E-state index in [1.54, 1.807) is 0 Å². The number of benzene rings is 11. The molecule has 348 valence electrons. The Hall–Kier alpha value is -9.84. The first-order valence-electron chi connectivity index (χ1n) is 25.3. The third-order valence-electron chi connectivity index (χ3n) is 14.6. The molecule has 74 heavy (non-hydrogen) atoms. The first-order valence-corrected chi connectivity index (χ1v) is 25.3. The monoisotopic (exact) mass is 945 g/mol. The van der Waals surface area contributed by atoms with Crippen molar-refractivity contribution in [3.8, 4) is 61.3 Å². The van der Waals surface area contributed by atoms with Crippen LogP contribution in [0.15, 0.2) is 283 Å². The zero-order valence-electron chi connectivity index (χ0n) is 40.3. The molecule has 0 spiro atoms. The van der Waals surface area contributed by atoms with Gasteiger partial charge in [0.1, 0.15) is 12.0 Å². The van der Waals surface area contributed by atoms with Crippen LogP contribution >= 0.6 is 0 Å². The minimum atomic E-state index is -0.467. The van der Waals surface area contributed by atoms with Crippen LogP contribution in [0.5, 0.6) is 0 Å². The van der Waals surface area contributed by atoms with Crippen LogP contribution in [0.3, 0.4) is 0 Å². The van der Waals surface area contributed by atoms with Gasteiger partial charge in [-0.1, -0.05) is 243 Å². The number of aromatic nitrogens is 2. The van der Waals surface area contributed by atoms with Crippen molar-refractivity contribution in [3.05, 3.63) is 284 Å². The second kappa shape index (κ2) is 18.1. The SMILES string of the molecule is c1ccc(-c2cccc(C3=NC(n4c5ccccc5c5ccc6c7ccccc7n(-c7c(-c8ccccc8)cccc7-c7cccc(-c8ccccc8)c7)c6c54)=NC(c4cccc(-c5ccccc5)c4)N3)c2)cc1. The van der Waals surface area contributed by atoms with E-state index in [0.29, 0.717) is 5.96 Å². The van der Waals surface area contributed by atoms with E-state index >= 15 is 0 Å². The van der Waals surface area contributed by atoms with Gasteiger partial charge in [0.25, 0.3) is 0 Å². The van der Waals surface area contributed by atoms with E-state index < -0.39 is 6.17 Å². The molecule has 0 amide bonds. The lowest BCUT2D eigenvalue weighted by Crippen LogP contribution is -2.35. The number of rotatable bonds is 8. The van der Waals surface area contributed by atoms with Crippen molar-refractivity contribution in [1.29, 1.82) is 0 Å². The van der Waals surface area contributed by atoms with E-state index in [-0.39, 0.29) is 0 Å². The fourth-order valence-corrected chi connectivity index (χ4v) is 11.2. The normalized spacial score (nSPS) is 13.5. The van der Waals surface area contributed by atoms with Gasteiger partial charge in [0, 0.05) is 38.2 Å². The van der Waals surface area contributed by atoms with Crippen molar-refractivity contribution in [2.75, 3.05) is 0 Å². The van der Waals surface area contributed by atoms with Gasteiger partial charge in [-0.3, -0.25) is 4.57 Å². The number of nitrogens with zero attached hydrogens (tertiary/aromatic N) is 4. The molecule has 1 aliphatic heterocycles. The quantitative estimate of drug-likeness (QED) is 0.162. The highest BCUT2D eigenvalue weighted by Crippen LogP contribution is 2.46. The summed E-state index contributed by atoms with van der Waals surface area (Å²) < 4.78 is 4.87. The van der Waals surface area contributed by atoms with E-state index in [0.717, 1.165) is 111 Å². The fraction of sp³-hybridized carbons (Fsp3) is 0.0145. The van der Waals surface area contributed by atoms with Crippen LogP contribution in [0.25, 0.3) is 105 Å². The largest absolute Gasteiger partial charge is 0.344 e. The molecule has 14 rings (SSSR count). The van der Waals surface area contributed by atoms with Crippen LogP contribution in [0, 0.1) is 0 Å². The van der Waals surface area contributed by atoms with E-state index in [9.17, 15) is 0 Å². The summed E-state index contributed by atoms with van der Waals surface area (Å²) in [5.74, 6) is 1.35. The van der Waals surface area contributed by atoms with Gasteiger partial charge in [-0.25, -0.2) is 4.99 Å². The van der Waals surface area contributed by atoms with E-state index in [4.69, 9.17) is 9.98 Å². The van der Waals surface area contributed by atoms with Crippen molar-refractivity contribution in [2.45, 2.75) is 6.17 Å². The topological polar surface area (TPSA) is 46.6 Å². The van der Waals surface area contributed by atoms with Gasteiger partial charge >= 0.3 is 0 Å². The van der Waals surface area contributed by atoms with Crippen LogP contribution in [-0.2, 0) is 0 Å². The van der Waals surface area contributed by atoms with Gasteiger partial charge in [0.05, 0.1) is 27.8 Å². The summed E-state index contributed by atoms with van der Waals surface area (Å²) in [6, 6.07) is 97.9. The maximum absolute atomic E-state index is 5.69. The third kappa shape index (κ3) is 7.41. The molecule has 0 radical (unpaired) electrons. The number of nitrogens with one attached hydrogen (secondary N) is 1. The second-order valence-corrected chi connectivity index (χ2v) is 19.0. The maximum atomic E-state index is 5.69. The number of aliphatic imine (C=N–C) groups is 2. The van der Waals surface area contributed by atoms with Crippen LogP contribution in [0.1, 0.15) is 17.3 Å². The number of hydrogen-bond acceptors (Lipinski definition) is 3. The van der Waals surface area contributed by atoms with Gasteiger partial charge in [0.2, 0.25) is 5.96 Å². The fourth-order valence-electron chi connectivity index (χ4n) is 11.2. The standard InChI is InChI=1S/C69H47N5/c1-5-21-46(22-6-1)50-29-17-32-53(43-50)57-38-20-37-56(49-27-11-4-12-28-49)64(57)73-62-39-15-13-35-58(62)60-41-42-61-59-36-14-16-40-63(59)74(66(61)65(60)73)69-71-67(54-33-18-30-51(44-54)47-23-7-2-8-24-47)70-68(72-69)55-34-19-31-52(45-55)48-25-9-3-10-26-48/h1-45,67H,(H,70,71,72). The highest BCUT2D eigenvalue weighted by molar-refractivity contribution is 6.27. The van der Waals surface area contributed by atoms with Gasteiger partial charge in [-0.2, -0.15) is 4.99 Å². The molecule has 1 atom stereocenters. The Kier molecular flexibility index (Phi) is 10.5. The summed E-state index contributed by atoms with van der Waals surface area (Å²) in [4.78, 5) is 11.3. The number of fused-ring (bicyclic) bond motifs is 7. The van der Waals surface area contributed by atoms with Gasteiger partial charge in [-0.05, 0) is 80.4 Å². The average Bonchev–Trinajstić information content (AvgIpc) is 4.07. The minimum absolute atomic E-state index is 0.467. The molecule has 0 saturated carbocycles. The lowest BCUT2D eigenvalue weighted by molar-refractivity contribution is 0.669. The second-order valence-electron chi connectivity index (χ2n) is 19.0. The van der Waals surface area contributed by atoms with E-state index in [1.165, 1.54) is 11.1 Å². The molecule has 0 saturated heterocycles.